The van der Waals surface area contributed by atoms with Crippen molar-refractivity contribution >= 4 is 5.78 Å². The maximum atomic E-state index is 10.6. The lowest BCUT2D eigenvalue weighted by molar-refractivity contribution is -0.117. The average Bonchev–Trinajstić information content (AvgIpc) is 2.24. The largest absolute Gasteiger partial charge is 0.315 e. The molecule has 0 aliphatic heterocycles. The molecule has 0 saturated heterocycles. The zero-order valence-corrected chi connectivity index (χ0v) is 11.9. The first-order chi connectivity index (χ1) is 7.63. The van der Waals surface area contributed by atoms with Crippen LogP contribution in [0.5, 0.6) is 0 Å². The molecule has 0 unspecified atom stereocenters. The molecule has 0 aromatic heterocycles. The van der Waals surface area contributed by atoms with Crippen LogP contribution < -0.4 is 5.32 Å². The van der Waals surface area contributed by atoms with Crippen molar-refractivity contribution in [1.82, 2.24) is 5.32 Å². The Labute approximate surface area is 102 Å². The fourth-order valence-electron chi connectivity index (χ4n) is 1.42. The summed E-state index contributed by atoms with van der Waals surface area (Å²) in [5.74, 6) is 0.325. The van der Waals surface area contributed by atoms with E-state index in [0.29, 0.717) is 11.8 Å². The zero-order valence-electron chi connectivity index (χ0n) is 11.9. The van der Waals surface area contributed by atoms with Crippen LogP contribution in [0.1, 0.15) is 73.1 Å². The molecule has 0 saturated carbocycles. The van der Waals surface area contributed by atoms with E-state index in [1.165, 1.54) is 25.7 Å². The summed E-state index contributed by atoms with van der Waals surface area (Å²) in [4.78, 5) is 10.6. The molecule has 2 nitrogen and oxygen atoms in total. The van der Waals surface area contributed by atoms with E-state index in [2.05, 4.69) is 19.2 Å². The molecular formula is C14H31NO. The third-order valence-corrected chi connectivity index (χ3v) is 2.26. The smallest absolute Gasteiger partial charge is 0.129 e. The van der Waals surface area contributed by atoms with E-state index in [-0.39, 0.29) is 0 Å². The number of rotatable bonds is 9. The molecule has 0 heterocycles. The van der Waals surface area contributed by atoms with Crippen molar-refractivity contribution in [2.24, 2.45) is 0 Å². The Kier molecular flexibility index (Phi) is 16.5. The first-order valence-electron chi connectivity index (χ1n) is 6.85. The molecule has 0 bridgehead atoms. The van der Waals surface area contributed by atoms with Gasteiger partial charge in [-0.25, -0.2) is 0 Å². The van der Waals surface area contributed by atoms with Crippen LogP contribution in [0.2, 0.25) is 0 Å². The van der Waals surface area contributed by atoms with E-state index in [4.69, 9.17) is 0 Å². The summed E-state index contributed by atoms with van der Waals surface area (Å²) >= 11 is 0. The summed E-state index contributed by atoms with van der Waals surface area (Å²) in [6.45, 7) is 11.1. The molecule has 2 heteroatoms. The predicted octanol–water partition coefficient (Wildman–Crippen LogP) is 3.94. The summed E-state index contributed by atoms with van der Waals surface area (Å²) in [5.41, 5.74) is 0. The third kappa shape index (κ3) is 19.2. The van der Waals surface area contributed by atoms with Gasteiger partial charge in [-0.1, -0.05) is 47.0 Å². The fraction of sp³-hybridized carbons (Fsp3) is 0.929. The van der Waals surface area contributed by atoms with Crippen LogP contribution in [-0.2, 0) is 4.79 Å². The lowest BCUT2D eigenvalue weighted by Crippen LogP contribution is -2.23. The predicted molar refractivity (Wildman–Crippen MR) is 72.9 cm³/mol. The molecule has 0 aromatic rings. The average molecular weight is 229 g/mol. The molecule has 0 amide bonds. The minimum atomic E-state index is 0.325. The SMILES string of the molecule is CC.CC(=O)CCCCCCCNC(C)C. The topological polar surface area (TPSA) is 29.1 Å². The Morgan fingerprint density at radius 2 is 1.50 bits per heavy atom. The monoisotopic (exact) mass is 229 g/mol. The molecule has 0 aliphatic rings. The molecule has 0 aromatic carbocycles. The van der Waals surface area contributed by atoms with E-state index < -0.39 is 0 Å². The van der Waals surface area contributed by atoms with Gasteiger partial charge in [0.05, 0.1) is 0 Å². The number of hydrogen-bond donors (Lipinski definition) is 1. The van der Waals surface area contributed by atoms with Gasteiger partial charge < -0.3 is 10.1 Å². The normalized spacial score (nSPS) is 9.88. The van der Waals surface area contributed by atoms with E-state index in [1.54, 1.807) is 6.92 Å². The second-order valence-electron chi connectivity index (χ2n) is 4.33. The maximum Gasteiger partial charge on any atom is 0.129 e. The van der Waals surface area contributed by atoms with Crippen molar-refractivity contribution in [3.05, 3.63) is 0 Å². The van der Waals surface area contributed by atoms with Gasteiger partial charge in [0.25, 0.3) is 0 Å². The number of hydrogen-bond acceptors (Lipinski definition) is 2. The highest BCUT2D eigenvalue weighted by Crippen LogP contribution is 2.05. The van der Waals surface area contributed by atoms with E-state index >= 15 is 0 Å². The van der Waals surface area contributed by atoms with Gasteiger partial charge in [-0.15, -0.1) is 0 Å². The Morgan fingerprint density at radius 3 is 2.00 bits per heavy atom. The summed E-state index contributed by atoms with van der Waals surface area (Å²) in [7, 11) is 0. The number of nitrogens with one attached hydrogen (secondary N) is 1. The van der Waals surface area contributed by atoms with Crippen LogP contribution in [0.15, 0.2) is 0 Å². The van der Waals surface area contributed by atoms with Crippen LogP contribution in [0.3, 0.4) is 0 Å². The minimum absolute atomic E-state index is 0.325. The summed E-state index contributed by atoms with van der Waals surface area (Å²) < 4.78 is 0. The molecule has 16 heavy (non-hydrogen) atoms. The molecule has 0 radical (unpaired) electrons. The Morgan fingerprint density at radius 1 is 1.00 bits per heavy atom. The van der Waals surface area contributed by atoms with Crippen LogP contribution in [0, 0.1) is 0 Å². The van der Waals surface area contributed by atoms with Gasteiger partial charge >= 0.3 is 0 Å². The van der Waals surface area contributed by atoms with Gasteiger partial charge in [0, 0.05) is 12.5 Å². The summed E-state index contributed by atoms with van der Waals surface area (Å²) in [5, 5.41) is 3.40. The highest BCUT2D eigenvalue weighted by Gasteiger charge is 1.95. The van der Waals surface area contributed by atoms with Crippen molar-refractivity contribution in [1.29, 1.82) is 0 Å². The first kappa shape index (κ1) is 18.0. The van der Waals surface area contributed by atoms with Gasteiger partial charge in [0.15, 0.2) is 0 Å². The summed E-state index contributed by atoms with van der Waals surface area (Å²) in [6, 6.07) is 0.604. The van der Waals surface area contributed by atoms with E-state index in [1.807, 2.05) is 13.8 Å². The van der Waals surface area contributed by atoms with Crippen molar-refractivity contribution in [2.45, 2.75) is 79.2 Å². The van der Waals surface area contributed by atoms with Gasteiger partial charge in [-0.2, -0.15) is 0 Å². The second kappa shape index (κ2) is 14.6. The molecule has 98 valence electrons. The molecular weight excluding hydrogens is 198 g/mol. The summed E-state index contributed by atoms with van der Waals surface area (Å²) in [6.07, 6.45) is 6.88. The minimum Gasteiger partial charge on any atom is -0.315 e. The molecule has 0 aliphatic carbocycles. The number of carbonyl (C=O) groups is 1. The Hall–Kier alpha value is -0.370. The van der Waals surface area contributed by atoms with Crippen molar-refractivity contribution in [3.63, 3.8) is 0 Å². The number of unbranched alkanes of at least 4 members (excludes halogenated alkanes) is 4. The lowest BCUT2D eigenvalue weighted by atomic mass is 10.1. The van der Waals surface area contributed by atoms with Gasteiger partial charge in [-0.3, -0.25) is 0 Å². The van der Waals surface area contributed by atoms with Gasteiger partial charge in [0.2, 0.25) is 0 Å². The van der Waals surface area contributed by atoms with E-state index in [9.17, 15) is 4.79 Å². The van der Waals surface area contributed by atoms with Crippen LogP contribution in [0.25, 0.3) is 0 Å². The van der Waals surface area contributed by atoms with Crippen LogP contribution >= 0.6 is 0 Å². The molecule has 0 atom stereocenters. The zero-order chi connectivity index (χ0) is 12.8. The standard InChI is InChI=1S/C12H25NO.C2H6/c1-11(2)13-10-8-6-4-5-7-9-12(3)14;1-2/h11,13H,4-10H2,1-3H3;1-2H3. The van der Waals surface area contributed by atoms with Crippen LogP contribution in [-0.4, -0.2) is 18.4 Å². The first-order valence-corrected chi connectivity index (χ1v) is 6.85. The van der Waals surface area contributed by atoms with E-state index in [0.717, 1.165) is 19.4 Å². The molecule has 0 fully saturated rings. The van der Waals surface area contributed by atoms with Crippen molar-refractivity contribution < 1.29 is 4.79 Å². The lowest BCUT2D eigenvalue weighted by Gasteiger charge is -2.07. The van der Waals surface area contributed by atoms with Gasteiger partial charge in [-0.05, 0) is 26.3 Å². The Balaban J connectivity index is 0. The highest BCUT2D eigenvalue weighted by atomic mass is 16.1. The van der Waals surface area contributed by atoms with Crippen LogP contribution in [0.4, 0.5) is 0 Å². The Bertz CT molecular complexity index is 144. The number of ketones is 1. The fourth-order valence-corrected chi connectivity index (χ4v) is 1.42. The molecule has 1 N–H and O–H groups in total. The second-order valence-corrected chi connectivity index (χ2v) is 4.33. The number of Topliss-reactive ketones (excluding diaryl/α,β-unsaturated/α-hetero) is 1. The maximum absolute atomic E-state index is 10.6. The van der Waals surface area contributed by atoms with Gasteiger partial charge in [0.1, 0.15) is 5.78 Å². The number of carbonyl (C=O) groups excluding carboxylic acids is 1. The third-order valence-electron chi connectivity index (χ3n) is 2.26. The highest BCUT2D eigenvalue weighted by molar-refractivity contribution is 5.75. The molecule has 0 spiro atoms. The van der Waals surface area contributed by atoms with Crippen molar-refractivity contribution in [2.75, 3.05) is 6.54 Å². The molecule has 0 rings (SSSR count). The quantitative estimate of drug-likeness (QED) is 0.607. The van der Waals surface area contributed by atoms with Crippen molar-refractivity contribution in [3.8, 4) is 0 Å².